The molecule has 1 heterocycles. The number of benzene rings is 1. The van der Waals surface area contributed by atoms with E-state index in [9.17, 15) is 0 Å². The van der Waals surface area contributed by atoms with Gasteiger partial charge in [-0.05, 0) is 43.5 Å². The predicted molar refractivity (Wildman–Crippen MR) is 85.7 cm³/mol. The zero-order chi connectivity index (χ0) is 14.7. The van der Waals surface area contributed by atoms with Crippen molar-refractivity contribution in [3.05, 3.63) is 29.3 Å². The van der Waals surface area contributed by atoms with Gasteiger partial charge < -0.3 is 15.4 Å². The van der Waals surface area contributed by atoms with Crippen LogP contribution in [0.2, 0.25) is 0 Å². The minimum absolute atomic E-state index is 0.190. The van der Waals surface area contributed by atoms with Crippen molar-refractivity contribution >= 4 is 0 Å². The molecule has 4 nitrogen and oxygen atoms in total. The number of hydrogen-bond donors (Lipinski definition) is 1. The third kappa shape index (κ3) is 3.57. The van der Waals surface area contributed by atoms with Crippen molar-refractivity contribution in [1.82, 2.24) is 9.80 Å². The van der Waals surface area contributed by atoms with E-state index in [-0.39, 0.29) is 6.04 Å². The molecule has 0 amide bonds. The highest BCUT2D eigenvalue weighted by Gasteiger charge is 2.20. The second-order valence-corrected chi connectivity index (χ2v) is 6.32. The van der Waals surface area contributed by atoms with E-state index in [1.807, 2.05) is 0 Å². The Hall–Kier alpha value is -1.10. The molecule has 21 heavy (non-hydrogen) atoms. The lowest BCUT2D eigenvalue weighted by atomic mass is 9.88. The van der Waals surface area contributed by atoms with Gasteiger partial charge in [0.05, 0.1) is 0 Å². The van der Waals surface area contributed by atoms with E-state index < -0.39 is 0 Å². The number of hydrogen-bond acceptors (Lipinski definition) is 4. The molecule has 3 rings (SSSR count). The molecule has 0 radical (unpaired) electrons. The molecule has 1 aliphatic carbocycles. The van der Waals surface area contributed by atoms with E-state index in [0.29, 0.717) is 0 Å². The molecule has 116 valence electrons. The van der Waals surface area contributed by atoms with Crippen molar-refractivity contribution in [2.75, 3.05) is 46.4 Å². The van der Waals surface area contributed by atoms with Gasteiger partial charge in [-0.15, -0.1) is 0 Å². The van der Waals surface area contributed by atoms with Gasteiger partial charge in [0.15, 0.2) is 0 Å². The Bertz CT molecular complexity index is 469. The second kappa shape index (κ2) is 6.77. The fraction of sp³-hybridized carbons (Fsp3) is 0.647. The summed E-state index contributed by atoms with van der Waals surface area (Å²) < 4.78 is 6.07. The van der Waals surface area contributed by atoms with E-state index in [2.05, 4.69) is 35.0 Å². The summed E-state index contributed by atoms with van der Waals surface area (Å²) in [5, 5.41) is 0. The van der Waals surface area contributed by atoms with Gasteiger partial charge in [-0.1, -0.05) is 12.1 Å². The maximum atomic E-state index is 6.21. The average Bonchev–Trinajstić information content (AvgIpc) is 2.50. The van der Waals surface area contributed by atoms with E-state index in [4.69, 9.17) is 10.5 Å². The number of nitrogens with zero attached hydrogens (tertiary/aromatic N) is 2. The van der Waals surface area contributed by atoms with Crippen LogP contribution in [-0.2, 0) is 6.42 Å². The molecule has 1 atom stereocenters. The summed E-state index contributed by atoms with van der Waals surface area (Å²) in [6.07, 6.45) is 3.37. The zero-order valence-electron chi connectivity index (χ0n) is 13.1. The quantitative estimate of drug-likeness (QED) is 0.915. The normalized spacial score (nSPS) is 23.8. The van der Waals surface area contributed by atoms with E-state index in [1.54, 1.807) is 0 Å². The largest absolute Gasteiger partial charge is 0.492 e. The number of rotatable bonds is 4. The topological polar surface area (TPSA) is 41.7 Å². The summed E-state index contributed by atoms with van der Waals surface area (Å²) in [5.41, 5.74) is 8.84. The number of piperazine rings is 1. The molecule has 2 N–H and O–H groups in total. The first-order valence-corrected chi connectivity index (χ1v) is 8.15. The molecule has 0 bridgehead atoms. The van der Waals surface area contributed by atoms with Crippen LogP contribution in [0.3, 0.4) is 0 Å². The fourth-order valence-electron chi connectivity index (χ4n) is 3.34. The molecule has 1 aromatic rings. The van der Waals surface area contributed by atoms with Crippen molar-refractivity contribution in [3.63, 3.8) is 0 Å². The van der Waals surface area contributed by atoms with Gasteiger partial charge >= 0.3 is 0 Å². The van der Waals surface area contributed by atoms with E-state index in [1.165, 1.54) is 17.5 Å². The first kappa shape index (κ1) is 14.8. The van der Waals surface area contributed by atoms with Crippen LogP contribution in [0.5, 0.6) is 5.75 Å². The lowest BCUT2D eigenvalue weighted by Gasteiger charge is -2.32. The fourth-order valence-corrected chi connectivity index (χ4v) is 3.34. The van der Waals surface area contributed by atoms with Crippen LogP contribution in [0.15, 0.2) is 18.2 Å². The Labute approximate surface area is 127 Å². The third-order valence-electron chi connectivity index (χ3n) is 4.77. The molecule has 1 unspecified atom stereocenters. The Morgan fingerprint density at radius 1 is 1.24 bits per heavy atom. The SMILES string of the molecule is CN1CCN(CCOc2cccc3c2CCCC3N)CC1. The maximum Gasteiger partial charge on any atom is 0.122 e. The average molecular weight is 289 g/mol. The molecule has 0 saturated carbocycles. The van der Waals surface area contributed by atoms with Crippen LogP contribution in [0, 0.1) is 0 Å². The standard InChI is InChI=1S/C17H27N3O/c1-19-8-10-20(11-9-19)12-13-21-17-7-3-4-14-15(17)5-2-6-16(14)18/h3-4,7,16H,2,5-6,8-13,18H2,1H3. The molecule has 0 aromatic heterocycles. The predicted octanol–water partition coefficient (Wildman–Crippen LogP) is 1.65. The number of ether oxygens (including phenoxy) is 1. The van der Waals surface area contributed by atoms with Gasteiger partial charge in [0, 0.05) is 38.8 Å². The van der Waals surface area contributed by atoms with E-state index >= 15 is 0 Å². The number of nitrogens with two attached hydrogens (primary N) is 1. The van der Waals surface area contributed by atoms with Crippen molar-refractivity contribution in [2.24, 2.45) is 5.73 Å². The van der Waals surface area contributed by atoms with Crippen LogP contribution < -0.4 is 10.5 Å². The van der Waals surface area contributed by atoms with Gasteiger partial charge in [0.2, 0.25) is 0 Å². The van der Waals surface area contributed by atoms with Crippen LogP contribution in [-0.4, -0.2) is 56.2 Å². The van der Waals surface area contributed by atoms with Crippen molar-refractivity contribution in [3.8, 4) is 5.75 Å². The second-order valence-electron chi connectivity index (χ2n) is 6.32. The highest BCUT2D eigenvalue weighted by molar-refractivity contribution is 5.43. The minimum Gasteiger partial charge on any atom is -0.492 e. The zero-order valence-corrected chi connectivity index (χ0v) is 13.1. The summed E-state index contributed by atoms with van der Waals surface area (Å²) in [6.45, 7) is 6.42. The molecule has 4 heteroatoms. The van der Waals surface area contributed by atoms with E-state index in [0.717, 1.165) is 57.9 Å². The minimum atomic E-state index is 0.190. The van der Waals surface area contributed by atoms with Gasteiger partial charge in [-0.3, -0.25) is 4.90 Å². The highest BCUT2D eigenvalue weighted by Crippen LogP contribution is 2.33. The Morgan fingerprint density at radius 2 is 2.05 bits per heavy atom. The number of likely N-dealkylation sites (N-methyl/N-ethyl adjacent to an activating group) is 1. The molecule has 1 aromatic carbocycles. The molecule has 1 saturated heterocycles. The summed E-state index contributed by atoms with van der Waals surface area (Å²) in [7, 11) is 2.19. The van der Waals surface area contributed by atoms with Gasteiger partial charge in [0.1, 0.15) is 12.4 Å². The van der Waals surface area contributed by atoms with Crippen LogP contribution in [0.4, 0.5) is 0 Å². The lowest BCUT2D eigenvalue weighted by Crippen LogP contribution is -2.45. The highest BCUT2D eigenvalue weighted by atomic mass is 16.5. The third-order valence-corrected chi connectivity index (χ3v) is 4.77. The molecule has 1 fully saturated rings. The molecule has 2 aliphatic rings. The van der Waals surface area contributed by atoms with Gasteiger partial charge in [-0.25, -0.2) is 0 Å². The summed E-state index contributed by atoms with van der Waals surface area (Å²) >= 11 is 0. The molecule has 0 spiro atoms. The smallest absolute Gasteiger partial charge is 0.122 e. The van der Waals surface area contributed by atoms with Crippen molar-refractivity contribution in [2.45, 2.75) is 25.3 Å². The molecule has 1 aliphatic heterocycles. The monoisotopic (exact) mass is 289 g/mol. The first-order chi connectivity index (χ1) is 10.2. The maximum absolute atomic E-state index is 6.21. The van der Waals surface area contributed by atoms with Gasteiger partial charge in [0.25, 0.3) is 0 Å². The van der Waals surface area contributed by atoms with Gasteiger partial charge in [-0.2, -0.15) is 0 Å². The Morgan fingerprint density at radius 3 is 2.86 bits per heavy atom. The van der Waals surface area contributed by atoms with Crippen molar-refractivity contribution in [1.29, 1.82) is 0 Å². The van der Waals surface area contributed by atoms with Crippen molar-refractivity contribution < 1.29 is 4.74 Å². The number of fused-ring (bicyclic) bond motifs is 1. The summed E-state index contributed by atoms with van der Waals surface area (Å²) in [4.78, 5) is 4.87. The van der Waals surface area contributed by atoms with Crippen LogP contribution >= 0.6 is 0 Å². The molecular formula is C17H27N3O. The Balaban J connectivity index is 1.55. The lowest BCUT2D eigenvalue weighted by molar-refractivity contribution is 0.133. The summed E-state index contributed by atoms with van der Waals surface area (Å²) in [6, 6.07) is 6.53. The molecular weight excluding hydrogens is 262 g/mol. The Kier molecular flexibility index (Phi) is 4.78. The summed E-state index contributed by atoms with van der Waals surface area (Å²) in [5.74, 6) is 1.05. The van der Waals surface area contributed by atoms with Crippen LogP contribution in [0.25, 0.3) is 0 Å². The van der Waals surface area contributed by atoms with Crippen LogP contribution in [0.1, 0.15) is 30.0 Å². The first-order valence-electron chi connectivity index (χ1n) is 8.15.